The molecule has 0 radical (unpaired) electrons. The van der Waals surface area contributed by atoms with E-state index in [1.54, 1.807) is 14.2 Å². The average Bonchev–Trinajstić information content (AvgIpc) is 3.68. The number of methoxy groups -OCH3 is 2. The minimum absolute atomic E-state index is 0.874. The zero-order valence-corrected chi connectivity index (χ0v) is 22.8. The Balaban J connectivity index is 1.17. The van der Waals surface area contributed by atoms with Crippen molar-refractivity contribution in [1.29, 1.82) is 0 Å². The molecular formula is C34H26O2S2. The summed E-state index contributed by atoms with van der Waals surface area (Å²) in [4.78, 5) is 5.15. The second-order valence-corrected chi connectivity index (χ2v) is 11.1. The van der Waals surface area contributed by atoms with Crippen LogP contribution in [-0.2, 0) is 0 Å². The normalized spacial score (nSPS) is 10.9. The molecule has 2 nitrogen and oxygen atoms in total. The van der Waals surface area contributed by atoms with Crippen molar-refractivity contribution in [2.45, 2.75) is 0 Å². The van der Waals surface area contributed by atoms with E-state index in [9.17, 15) is 0 Å². The summed E-state index contributed by atoms with van der Waals surface area (Å²) in [6.07, 6.45) is 0. The van der Waals surface area contributed by atoms with E-state index in [4.69, 9.17) is 9.47 Å². The van der Waals surface area contributed by atoms with Crippen LogP contribution in [0.15, 0.2) is 121 Å². The van der Waals surface area contributed by atoms with Crippen molar-refractivity contribution >= 4 is 22.7 Å². The molecule has 0 bridgehead atoms. The van der Waals surface area contributed by atoms with Crippen LogP contribution in [-0.4, -0.2) is 14.2 Å². The Morgan fingerprint density at radius 2 is 0.579 bits per heavy atom. The summed E-state index contributed by atoms with van der Waals surface area (Å²) in [5.74, 6) is 1.75. The van der Waals surface area contributed by atoms with Gasteiger partial charge in [0.2, 0.25) is 0 Å². The Bertz CT molecular complexity index is 1510. The number of benzene rings is 4. The monoisotopic (exact) mass is 530 g/mol. The van der Waals surface area contributed by atoms with Crippen LogP contribution < -0.4 is 9.47 Å². The maximum absolute atomic E-state index is 5.27. The van der Waals surface area contributed by atoms with Gasteiger partial charge < -0.3 is 9.47 Å². The first kappa shape index (κ1) is 24.2. The number of rotatable bonds is 7. The first-order chi connectivity index (χ1) is 18.7. The molecule has 0 saturated heterocycles. The summed E-state index contributed by atoms with van der Waals surface area (Å²) in [6, 6.07) is 42.9. The molecule has 38 heavy (non-hydrogen) atoms. The second kappa shape index (κ2) is 10.7. The van der Waals surface area contributed by atoms with Crippen LogP contribution in [0.1, 0.15) is 0 Å². The van der Waals surface area contributed by atoms with Crippen LogP contribution in [0.5, 0.6) is 11.5 Å². The second-order valence-electron chi connectivity index (χ2n) is 8.94. The third kappa shape index (κ3) is 5.01. The predicted octanol–water partition coefficient (Wildman–Crippen LogP) is 10.2. The van der Waals surface area contributed by atoms with E-state index in [0.717, 1.165) is 11.5 Å². The molecule has 0 N–H and O–H groups in total. The lowest BCUT2D eigenvalue weighted by Gasteiger charge is -2.05. The minimum Gasteiger partial charge on any atom is -0.497 e. The van der Waals surface area contributed by atoms with E-state index in [1.165, 1.54) is 52.9 Å². The average molecular weight is 531 g/mol. The smallest absolute Gasteiger partial charge is 0.118 e. The van der Waals surface area contributed by atoms with Gasteiger partial charge >= 0.3 is 0 Å². The van der Waals surface area contributed by atoms with Gasteiger partial charge in [-0.25, -0.2) is 0 Å². The fraction of sp³-hybridized carbons (Fsp3) is 0.0588. The van der Waals surface area contributed by atoms with E-state index < -0.39 is 0 Å². The molecule has 186 valence electrons. The summed E-state index contributed by atoms with van der Waals surface area (Å²) < 4.78 is 10.5. The summed E-state index contributed by atoms with van der Waals surface area (Å²) in [5, 5.41) is 0. The topological polar surface area (TPSA) is 18.5 Å². The van der Waals surface area contributed by atoms with Crippen LogP contribution in [0, 0.1) is 0 Å². The third-order valence-electron chi connectivity index (χ3n) is 6.64. The molecule has 2 aromatic heterocycles. The largest absolute Gasteiger partial charge is 0.497 e. The van der Waals surface area contributed by atoms with Crippen molar-refractivity contribution in [2.24, 2.45) is 0 Å². The molecule has 0 atom stereocenters. The van der Waals surface area contributed by atoms with Gasteiger partial charge in [0.25, 0.3) is 0 Å². The van der Waals surface area contributed by atoms with E-state index in [-0.39, 0.29) is 0 Å². The quantitative estimate of drug-likeness (QED) is 0.204. The molecule has 6 rings (SSSR count). The lowest BCUT2D eigenvalue weighted by molar-refractivity contribution is 0.415. The van der Waals surface area contributed by atoms with Gasteiger partial charge in [-0.05, 0) is 81.9 Å². The molecule has 0 spiro atoms. The standard InChI is InChI=1S/C34H26O2S2/c1-35-29-15-11-25(12-16-29)23-3-7-27(8-4-23)31-19-21-33(37-31)34-22-20-32(38-34)28-9-5-24(6-10-28)26-13-17-30(36-2)18-14-26/h3-22H,1-2H3. The van der Waals surface area contributed by atoms with Crippen LogP contribution in [0.3, 0.4) is 0 Å². The molecule has 0 aliphatic heterocycles. The zero-order chi connectivity index (χ0) is 25.9. The Kier molecular flexibility index (Phi) is 6.82. The van der Waals surface area contributed by atoms with Gasteiger partial charge in [0.15, 0.2) is 0 Å². The lowest BCUT2D eigenvalue weighted by Crippen LogP contribution is -1.82. The summed E-state index contributed by atoms with van der Waals surface area (Å²) >= 11 is 3.68. The van der Waals surface area contributed by atoms with Crippen molar-refractivity contribution in [3.63, 3.8) is 0 Å². The molecule has 0 aliphatic carbocycles. The van der Waals surface area contributed by atoms with E-state index in [1.807, 2.05) is 46.9 Å². The molecule has 0 fully saturated rings. The summed E-state index contributed by atoms with van der Waals surface area (Å²) in [5.41, 5.74) is 7.26. The Morgan fingerprint density at radius 3 is 0.895 bits per heavy atom. The van der Waals surface area contributed by atoms with E-state index >= 15 is 0 Å². The van der Waals surface area contributed by atoms with Crippen molar-refractivity contribution in [3.8, 4) is 64.4 Å². The maximum atomic E-state index is 5.27. The summed E-state index contributed by atoms with van der Waals surface area (Å²) in [6.45, 7) is 0. The number of hydrogen-bond donors (Lipinski definition) is 0. The van der Waals surface area contributed by atoms with Crippen LogP contribution >= 0.6 is 22.7 Å². The minimum atomic E-state index is 0.874. The Labute approximate surface area is 231 Å². The number of hydrogen-bond acceptors (Lipinski definition) is 4. The number of ether oxygens (including phenoxy) is 2. The fourth-order valence-electron chi connectivity index (χ4n) is 4.47. The first-order valence-corrected chi connectivity index (χ1v) is 14.0. The van der Waals surface area contributed by atoms with Gasteiger partial charge in [0.1, 0.15) is 11.5 Å². The highest BCUT2D eigenvalue weighted by Crippen LogP contribution is 2.41. The first-order valence-electron chi connectivity index (χ1n) is 12.4. The molecule has 2 heterocycles. The van der Waals surface area contributed by atoms with Crippen LogP contribution in [0.25, 0.3) is 52.9 Å². The molecule has 0 amide bonds. The van der Waals surface area contributed by atoms with Gasteiger partial charge in [0.05, 0.1) is 14.2 Å². The van der Waals surface area contributed by atoms with E-state index in [2.05, 4.69) is 97.1 Å². The van der Waals surface area contributed by atoms with Crippen LogP contribution in [0.2, 0.25) is 0 Å². The Hall–Kier alpha value is -4.12. The molecule has 0 unspecified atom stereocenters. The van der Waals surface area contributed by atoms with Crippen molar-refractivity contribution < 1.29 is 9.47 Å². The molecule has 0 aliphatic rings. The van der Waals surface area contributed by atoms with Crippen molar-refractivity contribution in [2.75, 3.05) is 14.2 Å². The highest BCUT2D eigenvalue weighted by molar-refractivity contribution is 7.25. The molecule has 0 saturated carbocycles. The predicted molar refractivity (Wildman–Crippen MR) is 162 cm³/mol. The van der Waals surface area contributed by atoms with Crippen molar-refractivity contribution in [1.82, 2.24) is 0 Å². The fourth-order valence-corrected chi connectivity index (χ4v) is 6.59. The summed E-state index contributed by atoms with van der Waals surface area (Å²) in [7, 11) is 3.38. The molecule has 4 aromatic carbocycles. The Morgan fingerprint density at radius 1 is 0.316 bits per heavy atom. The highest BCUT2D eigenvalue weighted by Gasteiger charge is 2.10. The van der Waals surface area contributed by atoms with Gasteiger partial charge in [-0.15, -0.1) is 22.7 Å². The molecule has 6 aromatic rings. The molecule has 4 heteroatoms. The maximum Gasteiger partial charge on any atom is 0.118 e. The molecular weight excluding hydrogens is 505 g/mol. The zero-order valence-electron chi connectivity index (χ0n) is 21.2. The van der Waals surface area contributed by atoms with E-state index in [0.29, 0.717) is 0 Å². The van der Waals surface area contributed by atoms with Gasteiger partial charge in [-0.2, -0.15) is 0 Å². The van der Waals surface area contributed by atoms with Crippen LogP contribution in [0.4, 0.5) is 0 Å². The van der Waals surface area contributed by atoms with Crippen molar-refractivity contribution in [3.05, 3.63) is 121 Å². The lowest BCUT2D eigenvalue weighted by atomic mass is 10.0. The number of thiophene rings is 2. The SMILES string of the molecule is COc1ccc(-c2ccc(-c3ccc(-c4ccc(-c5ccc(-c6ccc(OC)cc6)cc5)s4)s3)cc2)cc1. The highest BCUT2D eigenvalue weighted by atomic mass is 32.1. The third-order valence-corrected chi connectivity index (χ3v) is 9.10. The van der Waals surface area contributed by atoms with Gasteiger partial charge in [0, 0.05) is 19.5 Å². The van der Waals surface area contributed by atoms with Gasteiger partial charge in [-0.1, -0.05) is 72.8 Å². The van der Waals surface area contributed by atoms with Gasteiger partial charge in [-0.3, -0.25) is 0 Å².